The lowest BCUT2D eigenvalue weighted by Gasteiger charge is -2.47. The maximum absolute atomic E-state index is 9.33. The largest absolute Gasteiger partial charge is 0.396 e. The quantitative estimate of drug-likeness (QED) is 0.694. The Hall–Kier alpha value is -0.0800. The Morgan fingerprint density at radius 3 is 2.17 bits per heavy atom. The summed E-state index contributed by atoms with van der Waals surface area (Å²) >= 11 is 0. The Kier molecular flexibility index (Phi) is 1.92. The van der Waals surface area contributed by atoms with Crippen LogP contribution in [0.25, 0.3) is 0 Å². The molecule has 2 fully saturated rings. The minimum Gasteiger partial charge on any atom is -0.396 e. The molecule has 0 radical (unpaired) electrons. The molecule has 0 atom stereocenters. The average Bonchev–Trinajstić information content (AvgIpc) is 2.77. The summed E-state index contributed by atoms with van der Waals surface area (Å²) in [7, 11) is 0. The Bertz CT molecular complexity index is 169. The first kappa shape index (κ1) is 8.52. The third-order valence-electron chi connectivity index (χ3n) is 3.77. The van der Waals surface area contributed by atoms with Crippen molar-refractivity contribution in [3.8, 4) is 0 Å². The van der Waals surface area contributed by atoms with Crippen LogP contribution < -0.4 is 0 Å². The van der Waals surface area contributed by atoms with Gasteiger partial charge in [0, 0.05) is 17.4 Å². The molecule has 1 heterocycles. The number of rotatable bonds is 4. The van der Waals surface area contributed by atoms with E-state index in [4.69, 9.17) is 4.74 Å². The van der Waals surface area contributed by atoms with Crippen molar-refractivity contribution in [2.45, 2.75) is 32.6 Å². The highest BCUT2D eigenvalue weighted by Crippen LogP contribution is 2.63. The first-order valence-corrected chi connectivity index (χ1v) is 4.97. The molecule has 0 aromatic carbocycles. The Balaban J connectivity index is 2.06. The fourth-order valence-electron chi connectivity index (χ4n) is 2.55. The summed E-state index contributed by atoms with van der Waals surface area (Å²) in [6.07, 6.45) is 4.87. The minimum atomic E-state index is 0.265. The van der Waals surface area contributed by atoms with Crippen molar-refractivity contribution in [1.82, 2.24) is 0 Å². The SMILES string of the molecule is CCCC1(C2(CO)CC2)COC1. The molecule has 0 aromatic heterocycles. The van der Waals surface area contributed by atoms with E-state index in [9.17, 15) is 5.11 Å². The van der Waals surface area contributed by atoms with Gasteiger partial charge in [0.15, 0.2) is 0 Å². The van der Waals surface area contributed by atoms with E-state index < -0.39 is 0 Å². The van der Waals surface area contributed by atoms with E-state index in [0.717, 1.165) is 13.2 Å². The van der Waals surface area contributed by atoms with Crippen LogP contribution in [0.5, 0.6) is 0 Å². The molecule has 0 bridgehead atoms. The smallest absolute Gasteiger partial charge is 0.0551 e. The van der Waals surface area contributed by atoms with E-state index in [1.54, 1.807) is 0 Å². The summed E-state index contributed by atoms with van der Waals surface area (Å²) in [5.74, 6) is 0. The van der Waals surface area contributed by atoms with Gasteiger partial charge >= 0.3 is 0 Å². The summed E-state index contributed by atoms with van der Waals surface area (Å²) < 4.78 is 5.31. The molecule has 0 aromatic rings. The lowest BCUT2D eigenvalue weighted by molar-refractivity contribution is -0.169. The molecule has 1 aliphatic carbocycles. The topological polar surface area (TPSA) is 29.5 Å². The van der Waals surface area contributed by atoms with Crippen molar-refractivity contribution in [3.05, 3.63) is 0 Å². The minimum absolute atomic E-state index is 0.265. The molecular formula is C10H18O2. The molecule has 2 heteroatoms. The van der Waals surface area contributed by atoms with Crippen molar-refractivity contribution >= 4 is 0 Å². The highest BCUT2D eigenvalue weighted by Gasteiger charge is 2.61. The van der Waals surface area contributed by atoms with Gasteiger partial charge in [-0.2, -0.15) is 0 Å². The molecule has 1 aliphatic heterocycles. The third kappa shape index (κ3) is 0.944. The first-order valence-electron chi connectivity index (χ1n) is 4.97. The molecule has 1 saturated carbocycles. The van der Waals surface area contributed by atoms with Crippen molar-refractivity contribution < 1.29 is 9.84 Å². The van der Waals surface area contributed by atoms with E-state index in [-0.39, 0.29) is 5.41 Å². The molecule has 2 aliphatic rings. The number of aliphatic hydroxyl groups is 1. The molecule has 1 saturated heterocycles. The standard InChI is InChI=1S/C10H18O2/c1-2-3-10(7-12-8-10)9(6-11)4-5-9/h11H,2-8H2,1H3. The van der Waals surface area contributed by atoms with Crippen molar-refractivity contribution in [1.29, 1.82) is 0 Å². The summed E-state index contributed by atoms with van der Waals surface area (Å²) in [5, 5.41) is 9.33. The first-order chi connectivity index (χ1) is 5.79. The van der Waals surface area contributed by atoms with E-state index in [2.05, 4.69) is 6.92 Å². The highest BCUT2D eigenvalue weighted by molar-refractivity contribution is 5.09. The molecule has 2 rings (SSSR count). The molecule has 12 heavy (non-hydrogen) atoms. The summed E-state index contributed by atoms with van der Waals surface area (Å²) in [6, 6.07) is 0. The maximum Gasteiger partial charge on any atom is 0.0551 e. The van der Waals surface area contributed by atoms with Gasteiger partial charge in [-0.3, -0.25) is 0 Å². The van der Waals surface area contributed by atoms with Gasteiger partial charge in [0.05, 0.1) is 13.2 Å². The van der Waals surface area contributed by atoms with Crippen LogP contribution in [-0.2, 0) is 4.74 Å². The van der Waals surface area contributed by atoms with Gasteiger partial charge in [0.1, 0.15) is 0 Å². The predicted octanol–water partition coefficient (Wildman–Crippen LogP) is 1.58. The highest BCUT2D eigenvalue weighted by atomic mass is 16.5. The Labute approximate surface area is 73.9 Å². The third-order valence-corrected chi connectivity index (χ3v) is 3.77. The van der Waals surface area contributed by atoms with Crippen molar-refractivity contribution in [2.24, 2.45) is 10.8 Å². The fourth-order valence-corrected chi connectivity index (χ4v) is 2.55. The molecular weight excluding hydrogens is 152 g/mol. The van der Waals surface area contributed by atoms with Crippen LogP contribution in [0.4, 0.5) is 0 Å². The van der Waals surface area contributed by atoms with Crippen LogP contribution in [0, 0.1) is 10.8 Å². The maximum atomic E-state index is 9.33. The van der Waals surface area contributed by atoms with Crippen molar-refractivity contribution in [3.63, 3.8) is 0 Å². The molecule has 70 valence electrons. The molecule has 0 unspecified atom stereocenters. The van der Waals surface area contributed by atoms with Gasteiger partial charge in [-0.1, -0.05) is 13.3 Å². The summed E-state index contributed by atoms with van der Waals surface area (Å²) in [6.45, 7) is 4.37. The van der Waals surface area contributed by atoms with Gasteiger partial charge in [-0.05, 0) is 19.3 Å². The second-order valence-electron chi connectivity index (χ2n) is 4.46. The summed E-state index contributed by atoms with van der Waals surface area (Å²) in [5.41, 5.74) is 0.623. The monoisotopic (exact) mass is 170 g/mol. The molecule has 1 N–H and O–H groups in total. The predicted molar refractivity (Wildman–Crippen MR) is 46.9 cm³/mol. The second kappa shape index (κ2) is 2.71. The molecule has 0 spiro atoms. The Morgan fingerprint density at radius 2 is 1.92 bits per heavy atom. The Morgan fingerprint density at radius 1 is 1.25 bits per heavy atom. The van der Waals surface area contributed by atoms with Crippen molar-refractivity contribution in [2.75, 3.05) is 19.8 Å². The number of ether oxygens (including phenoxy) is 1. The van der Waals surface area contributed by atoms with Crippen LogP contribution in [0.2, 0.25) is 0 Å². The van der Waals surface area contributed by atoms with Gasteiger partial charge in [0.25, 0.3) is 0 Å². The lowest BCUT2D eigenvalue weighted by Crippen LogP contribution is -2.50. The van der Waals surface area contributed by atoms with Crippen LogP contribution >= 0.6 is 0 Å². The van der Waals surface area contributed by atoms with Gasteiger partial charge in [-0.15, -0.1) is 0 Å². The normalized spacial score (nSPS) is 29.5. The van der Waals surface area contributed by atoms with Crippen LogP contribution in [0.15, 0.2) is 0 Å². The van der Waals surface area contributed by atoms with Gasteiger partial charge < -0.3 is 9.84 Å². The number of hydrogen-bond acceptors (Lipinski definition) is 2. The molecule has 2 nitrogen and oxygen atoms in total. The fraction of sp³-hybridized carbons (Fsp3) is 1.00. The van der Waals surface area contributed by atoms with Gasteiger partial charge in [-0.25, -0.2) is 0 Å². The zero-order valence-electron chi connectivity index (χ0n) is 7.81. The van der Waals surface area contributed by atoms with E-state index in [1.165, 1.54) is 25.7 Å². The van der Waals surface area contributed by atoms with Gasteiger partial charge in [0.2, 0.25) is 0 Å². The zero-order valence-corrected chi connectivity index (χ0v) is 7.81. The zero-order chi connectivity index (χ0) is 8.66. The molecule has 0 amide bonds. The number of aliphatic hydroxyl groups excluding tert-OH is 1. The summed E-state index contributed by atoms with van der Waals surface area (Å²) in [4.78, 5) is 0. The van der Waals surface area contributed by atoms with Crippen LogP contribution in [-0.4, -0.2) is 24.9 Å². The van der Waals surface area contributed by atoms with Crippen LogP contribution in [0.1, 0.15) is 32.6 Å². The number of hydrogen-bond donors (Lipinski definition) is 1. The second-order valence-corrected chi connectivity index (χ2v) is 4.46. The lowest BCUT2D eigenvalue weighted by atomic mass is 9.68. The van der Waals surface area contributed by atoms with E-state index >= 15 is 0 Å². The van der Waals surface area contributed by atoms with E-state index in [1.807, 2.05) is 0 Å². The average molecular weight is 170 g/mol. The van der Waals surface area contributed by atoms with Crippen LogP contribution in [0.3, 0.4) is 0 Å². The van der Waals surface area contributed by atoms with E-state index in [0.29, 0.717) is 12.0 Å².